The maximum atomic E-state index is 12.9. The van der Waals surface area contributed by atoms with Gasteiger partial charge in [-0.25, -0.2) is 4.39 Å². The van der Waals surface area contributed by atoms with Crippen molar-refractivity contribution in [2.45, 2.75) is 13.2 Å². The van der Waals surface area contributed by atoms with Crippen LogP contribution in [0, 0.1) is 5.82 Å². The molecule has 0 saturated heterocycles. The highest BCUT2D eigenvalue weighted by Gasteiger charge is 2.05. The lowest BCUT2D eigenvalue weighted by molar-refractivity contribution is 0.304. The zero-order valence-electron chi connectivity index (χ0n) is 9.70. The summed E-state index contributed by atoms with van der Waals surface area (Å²) < 4.78 is 18.4. The summed E-state index contributed by atoms with van der Waals surface area (Å²) in [6, 6.07) is 11.8. The Bertz CT molecular complexity index is 545. The summed E-state index contributed by atoms with van der Waals surface area (Å²) >= 11 is 5.88. The van der Waals surface area contributed by atoms with Gasteiger partial charge in [0.25, 0.3) is 0 Å². The molecule has 0 heterocycles. The van der Waals surface area contributed by atoms with Gasteiger partial charge in [-0.2, -0.15) is 0 Å². The van der Waals surface area contributed by atoms with Crippen LogP contribution in [0.4, 0.5) is 4.39 Å². The molecule has 0 aliphatic carbocycles. The molecule has 2 aromatic rings. The van der Waals surface area contributed by atoms with E-state index in [1.807, 2.05) is 24.3 Å². The van der Waals surface area contributed by atoms with E-state index in [2.05, 4.69) is 0 Å². The third kappa shape index (κ3) is 3.00. The maximum Gasteiger partial charge on any atom is 0.138 e. The van der Waals surface area contributed by atoms with Crippen LogP contribution in [0.25, 0.3) is 0 Å². The predicted molar refractivity (Wildman–Crippen MR) is 70.1 cm³/mol. The van der Waals surface area contributed by atoms with Crippen molar-refractivity contribution in [3.05, 3.63) is 64.4 Å². The Balaban J connectivity index is 2.11. The quantitative estimate of drug-likeness (QED) is 0.918. The third-order valence-corrected chi connectivity index (χ3v) is 2.91. The summed E-state index contributed by atoms with van der Waals surface area (Å²) in [5.74, 6) is 0.0830. The van der Waals surface area contributed by atoms with Crippen molar-refractivity contribution in [1.29, 1.82) is 0 Å². The maximum absolute atomic E-state index is 12.9. The number of rotatable bonds is 4. The molecule has 2 rings (SSSR count). The Kier molecular flexibility index (Phi) is 4.18. The summed E-state index contributed by atoms with van der Waals surface area (Å²) in [4.78, 5) is 0. The fourth-order valence-corrected chi connectivity index (χ4v) is 1.87. The second-order valence-corrected chi connectivity index (χ2v) is 4.24. The monoisotopic (exact) mass is 265 g/mol. The molecule has 2 aromatic carbocycles. The van der Waals surface area contributed by atoms with E-state index < -0.39 is 0 Å². The molecule has 0 aliphatic heterocycles. The standard InChI is InChI=1S/C14H13ClFNO/c15-13-7-12(16)5-6-14(13)18-9-11-4-2-1-3-10(11)8-17/h1-7H,8-9,17H2. The first-order valence-electron chi connectivity index (χ1n) is 5.55. The predicted octanol–water partition coefficient (Wildman–Crippen LogP) is 3.52. The third-order valence-electron chi connectivity index (χ3n) is 2.62. The average molecular weight is 266 g/mol. The van der Waals surface area contributed by atoms with Crippen molar-refractivity contribution < 1.29 is 9.13 Å². The van der Waals surface area contributed by atoms with E-state index in [1.165, 1.54) is 18.2 Å². The molecule has 0 bridgehead atoms. The first-order chi connectivity index (χ1) is 8.70. The molecule has 0 atom stereocenters. The van der Waals surface area contributed by atoms with E-state index in [1.54, 1.807) is 0 Å². The molecule has 0 amide bonds. The van der Waals surface area contributed by atoms with E-state index >= 15 is 0 Å². The molecule has 94 valence electrons. The van der Waals surface area contributed by atoms with Crippen LogP contribution in [0.15, 0.2) is 42.5 Å². The first-order valence-corrected chi connectivity index (χ1v) is 5.93. The molecule has 0 fully saturated rings. The average Bonchev–Trinajstić information content (AvgIpc) is 2.38. The molecule has 0 spiro atoms. The number of halogens is 2. The molecule has 0 aromatic heterocycles. The Labute approximate surface area is 110 Å². The van der Waals surface area contributed by atoms with Crippen molar-refractivity contribution >= 4 is 11.6 Å². The topological polar surface area (TPSA) is 35.2 Å². The van der Waals surface area contributed by atoms with Crippen LogP contribution in [0.2, 0.25) is 5.02 Å². The molecule has 18 heavy (non-hydrogen) atoms. The molecule has 0 radical (unpaired) electrons. The molecule has 0 aliphatic rings. The second kappa shape index (κ2) is 5.85. The lowest BCUT2D eigenvalue weighted by Gasteiger charge is -2.10. The zero-order chi connectivity index (χ0) is 13.0. The van der Waals surface area contributed by atoms with Crippen LogP contribution >= 0.6 is 11.6 Å². The minimum Gasteiger partial charge on any atom is -0.487 e. The summed E-state index contributed by atoms with van der Waals surface area (Å²) in [6.45, 7) is 0.815. The molecular weight excluding hydrogens is 253 g/mol. The van der Waals surface area contributed by atoms with E-state index in [0.717, 1.165) is 11.1 Å². The zero-order valence-corrected chi connectivity index (χ0v) is 10.5. The molecule has 0 saturated carbocycles. The Morgan fingerprint density at radius 1 is 1.11 bits per heavy atom. The summed E-state index contributed by atoms with van der Waals surface area (Å²) in [7, 11) is 0. The van der Waals surface area contributed by atoms with Gasteiger partial charge in [0.2, 0.25) is 0 Å². The van der Waals surface area contributed by atoms with Crippen LogP contribution in [-0.4, -0.2) is 0 Å². The lowest BCUT2D eigenvalue weighted by Crippen LogP contribution is -2.04. The lowest BCUT2D eigenvalue weighted by atomic mass is 10.1. The fraction of sp³-hybridized carbons (Fsp3) is 0.143. The van der Waals surface area contributed by atoms with Crippen LogP contribution in [-0.2, 0) is 13.2 Å². The van der Waals surface area contributed by atoms with Gasteiger partial charge in [0.05, 0.1) is 5.02 Å². The Morgan fingerprint density at radius 2 is 1.83 bits per heavy atom. The van der Waals surface area contributed by atoms with Gasteiger partial charge in [-0.3, -0.25) is 0 Å². The number of ether oxygens (including phenoxy) is 1. The number of benzene rings is 2. The van der Waals surface area contributed by atoms with Gasteiger partial charge >= 0.3 is 0 Å². The molecular formula is C14H13ClFNO. The normalized spacial score (nSPS) is 10.4. The van der Waals surface area contributed by atoms with Crippen molar-refractivity contribution in [2.24, 2.45) is 5.73 Å². The molecule has 0 unspecified atom stereocenters. The highest BCUT2D eigenvalue weighted by Crippen LogP contribution is 2.26. The van der Waals surface area contributed by atoms with E-state index in [0.29, 0.717) is 18.9 Å². The van der Waals surface area contributed by atoms with Crippen molar-refractivity contribution in [3.8, 4) is 5.75 Å². The summed E-state index contributed by atoms with van der Waals surface area (Å²) in [5, 5.41) is 0.264. The van der Waals surface area contributed by atoms with Crippen molar-refractivity contribution in [2.75, 3.05) is 0 Å². The van der Waals surface area contributed by atoms with Gasteiger partial charge in [-0.15, -0.1) is 0 Å². The summed E-state index contributed by atoms with van der Waals surface area (Å²) in [5.41, 5.74) is 7.66. The van der Waals surface area contributed by atoms with Gasteiger partial charge in [-0.05, 0) is 29.3 Å². The molecule has 4 heteroatoms. The number of nitrogens with two attached hydrogens (primary N) is 1. The van der Waals surface area contributed by atoms with Crippen LogP contribution < -0.4 is 10.5 Å². The van der Waals surface area contributed by atoms with Crippen LogP contribution in [0.3, 0.4) is 0 Å². The van der Waals surface area contributed by atoms with Crippen molar-refractivity contribution in [3.63, 3.8) is 0 Å². The van der Waals surface area contributed by atoms with Gasteiger partial charge in [0.1, 0.15) is 18.2 Å². The van der Waals surface area contributed by atoms with Gasteiger partial charge in [0, 0.05) is 6.54 Å². The highest BCUT2D eigenvalue weighted by atomic mass is 35.5. The van der Waals surface area contributed by atoms with Gasteiger partial charge in [-0.1, -0.05) is 35.9 Å². The Hall–Kier alpha value is -1.58. The van der Waals surface area contributed by atoms with Crippen LogP contribution in [0.5, 0.6) is 5.75 Å². The minimum absolute atomic E-state index is 0.264. The Morgan fingerprint density at radius 3 is 2.50 bits per heavy atom. The second-order valence-electron chi connectivity index (χ2n) is 3.84. The summed E-state index contributed by atoms with van der Waals surface area (Å²) in [6.07, 6.45) is 0. The van der Waals surface area contributed by atoms with E-state index in [-0.39, 0.29) is 10.8 Å². The van der Waals surface area contributed by atoms with E-state index in [9.17, 15) is 4.39 Å². The molecule has 2 nitrogen and oxygen atoms in total. The minimum atomic E-state index is -0.380. The SMILES string of the molecule is NCc1ccccc1COc1ccc(F)cc1Cl. The smallest absolute Gasteiger partial charge is 0.138 e. The van der Waals surface area contributed by atoms with Crippen molar-refractivity contribution in [1.82, 2.24) is 0 Å². The van der Waals surface area contributed by atoms with Gasteiger partial charge < -0.3 is 10.5 Å². The van der Waals surface area contributed by atoms with Crippen LogP contribution in [0.1, 0.15) is 11.1 Å². The largest absolute Gasteiger partial charge is 0.487 e. The fourth-order valence-electron chi connectivity index (χ4n) is 1.65. The number of hydrogen-bond acceptors (Lipinski definition) is 2. The first kappa shape index (κ1) is 12.9. The van der Waals surface area contributed by atoms with E-state index in [4.69, 9.17) is 22.1 Å². The number of hydrogen-bond donors (Lipinski definition) is 1. The molecule has 2 N–H and O–H groups in total. The highest BCUT2D eigenvalue weighted by molar-refractivity contribution is 6.32. The van der Waals surface area contributed by atoms with Gasteiger partial charge in [0.15, 0.2) is 0 Å².